The lowest BCUT2D eigenvalue weighted by molar-refractivity contribution is 0.912. The molecule has 2 aromatic rings. The van der Waals surface area contributed by atoms with Gasteiger partial charge in [-0.15, -0.1) is 0 Å². The normalized spacial score (nSPS) is 14.1. The van der Waals surface area contributed by atoms with Crippen molar-refractivity contribution >= 4 is 5.82 Å². The Hall–Kier alpha value is -1.77. The lowest BCUT2D eigenvalue weighted by atomic mass is 10.0. The Kier molecular flexibility index (Phi) is 1.78. The number of benzene rings is 1. The van der Waals surface area contributed by atoms with Gasteiger partial charge in [-0.05, 0) is 30.4 Å². The minimum atomic E-state index is 0.556. The van der Waals surface area contributed by atoms with E-state index >= 15 is 0 Å². The molecule has 0 aliphatic heterocycles. The van der Waals surface area contributed by atoms with Crippen LogP contribution in [-0.4, -0.2) is 10.2 Å². The zero-order valence-corrected chi connectivity index (χ0v) is 8.46. The molecule has 1 aromatic carbocycles. The van der Waals surface area contributed by atoms with E-state index in [4.69, 9.17) is 5.73 Å². The van der Waals surface area contributed by atoms with Gasteiger partial charge in [-0.2, -0.15) is 5.10 Å². The Labute approximate surface area is 88.3 Å². The highest BCUT2D eigenvalue weighted by Gasteiger charge is 2.15. The summed E-state index contributed by atoms with van der Waals surface area (Å²) in [6.07, 6.45) is 3.63. The Bertz CT molecular complexity index is 499. The second-order valence-corrected chi connectivity index (χ2v) is 4.00. The van der Waals surface area contributed by atoms with E-state index in [1.807, 2.05) is 6.07 Å². The molecule has 3 nitrogen and oxygen atoms in total. The molecule has 1 aliphatic carbocycles. The lowest BCUT2D eigenvalue weighted by Crippen LogP contribution is -1.88. The molecule has 0 saturated carbocycles. The van der Waals surface area contributed by atoms with Gasteiger partial charge in [0.05, 0.1) is 5.69 Å². The summed E-state index contributed by atoms with van der Waals surface area (Å²) in [7, 11) is 0. The molecule has 1 aliphatic rings. The number of rotatable bonds is 1. The number of fused-ring (bicyclic) bond motifs is 1. The molecule has 0 spiro atoms. The first-order chi connectivity index (χ1) is 7.34. The Morgan fingerprint density at radius 2 is 2.20 bits per heavy atom. The molecule has 0 saturated heterocycles. The quantitative estimate of drug-likeness (QED) is 0.739. The Morgan fingerprint density at radius 1 is 1.27 bits per heavy atom. The molecular formula is C12H13N3. The van der Waals surface area contributed by atoms with Gasteiger partial charge >= 0.3 is 0 Å². The van der Waals surface area contributed by atoms with Gasteiger partial charge in [0.15, 0.2) is 0 Å². The van der Waals surface area contributed by atoms with Crippen molar-refractivity contribution in [2.24, 2.45) is 0 Å². The first-order valence-electron chi connectivity index (χ1n) is 5.26. The number of aromatic amines is 1. The van der Waals surface area contributed by atoms with Crippen LogP contribution in [-0.2, 0) is 12.8 Å². The van der Waals surface area contributed by atoms with Crippen LogP contribution in [0.15, 0.2) is 24.3 Å². The van der Waals surface area contributed by atoms with Gasteiger partial charge in [0.25, 0.3) is 0 Å². The number of H-pyrrole nitrogens is 1. The minimum absolute atomic E-state index is 0.556. The molecular weight excluding hydrogens is 186 g/mol. The van der Waals surface area contributed by atoms with Crippen LogP contribution < -0.4 is 5.73 Å². The number of hydrogen-bond acceptors (Lipinski definition) is 2. The SMILES string of the molecule is Nc1cc(-c2cccc3c2CCC3)[nH]n1. The number of hydrogen-bond donors (Lipinski definition) is 2. The number of nitrogens with one attached hydrogen (secondary N) is 1. The van der Waals surface area contributed by atoms with Crippen LogP contribution in [0, 0.1) is 0 Å². The average Bonchev–Trinajstić information content (AvgIpc) is 2.84. The van der Waals surface area contributed by atoms with Crippen molar-refractivity contribution in [3.63, 3.8) is 0 Å². The van der Waals surface area contributed by atoms with Crippen molar-refractivity contribution in [1.29, 1.82) is 0 Å². The number of aryl methyl sites for hydroxylation is 1. The maximum atomic E-state index is 5.62. The molecule has 3 rings (SSSR count). The van der Waals surface area contributed by atoms with Crippen LogP contribution in [0.4, 0.5) is 5.82 Å². The summed E-state index contributed by atoms with van der Waals surface area (Å²) >= 11 is 0. The topological polar surface area (TPSA) is 54.7 Å². The third-order valence-electron chi connectivity index (χ3n) is 3.03. The first-order valence-corrected chi connectivity index (χ1v) is 5.26. The number of anilines is 1. The van der Waals surface area contributed by atoms with Crippen molar-refractivity contribution in [3.05, 3.63) is 35.4 Å². The van der Waals surface area contributed by atoms with Crippen LogP contribution in [0.2, 0.25) is 0 Å². The summed E-state index contributed by atoms with van der Waals surface area (Å²) in [5.41, 5.74) is 10.8. The summed E-state index contributed by atoms with van der Waals surface area (Å²) in [4.78, 5) is 0. The highest BCUT2D eigenvalue weighted by molar-refractivity contribution is 5.68. The van der Waals surface area contributed by atoms with E-state index in [0.717, 1.165) is 5.69 Å². The van der Waals surface area contributed by atoms with Crippen LogP contribution in [0.25, 0.3) is 11.3 Å². The molecule has 15 heavy (non-hydrogen) atoms. The van der Waals surface area contributed by atoms with E-state index in [1.165, 1.54) is 36.0 Å². The van der Waals surface area contributed by atoms with E-state index < -0.39 is 0 Å². The molecule has 1 aromatic heterocycles. The highest BCUT2D eigenvalue weighted by atomic mass is 15.2. The van der Waals surface area contributed by atoms with Gasteiger partial charge in [-0.3, -0.25) is 5.10 Å². The summed E-state index contributed by atoms with van der Waals surface area (Å²) in [6.45, 7) is 0. The highest BCUT2D eigenvalue weighted by Crippen LogP contribution is 2.31. The largest absolute Gasteiger partial charge is 0.382 e. The van der Waals surface area contributed by atoms with Crippen molar-refractivity contribution in [2.45, 2.75) is 19.3 Å². The van der Waals surface area contributed by atoms with Crippen molar-refractivity contribution < 1.29 is 0 Å². The summed E-state index contributed by atoms with van der Waals surface area (Å²) in [5.74, 6) is 0.556. The standard InChI is InChI=1S/C12H13N3/c13-12-7-11(14-15-12)10-6-2-4-8-3-1-5-9(8)10/h2,4,6-7H,1,3,5H2,(H3,13,14,15). The second-order valence-electron chi connectivity index (χ2n) is 4.00. The summed E-state index contributed by atoms with van der Waals surface area (Å²) in [6, 6.07) is 8.35. The molecule has 3 N–H and O–H groups in total. The third kappa shape index (κ3) is 1.31. The molecule has 3 heteroatoms. The molecule has 0 fully saturated rings. The number of nitrogens with two attached hydrogens (primary N) is 1. The summed E-state index contributed by atoms with van der Waals surface area (Å²) in [5, 5.41) is 6.95. The third-order valence-corrected chi connectivity index (χ3v) is 3.03. The van der Waals surface area contributed by atoms with Crippen molar-refractivity contribution in [2.75, 3.05) is 5.73 Å². The predicted molar refractivity (Wildman–Crippen MR) is 60.5 cm³/mol. The smallest absolute Gasteiger partial charge is 0.145 e. The monoisotopic (exact) mass is 199 g/mol. The fourth-order valence-corrected chi connectivity index (χ4v) is 2.35. The van der Waals surface area contributed by atoms with E-state index in [1.54, 1.807) is 0 Å². The Morgan fingerprint density at radius 3 is 3.00 bits per heavy atom. The lowest BCUT2D eigenvalue weighted by Gasteiger charge is -2.05. The maximum Gasteiger partial charge on any atom is 0.145 e. The number of aromatic nitrogens is 2. The van der Waals surface area contributed by atoms with Crippen LogP contribution in [0.1, 0.15) is 17.5 Å². The molecule has 0 radical (unpaired) electrons. The molecule has 0 amide bonds. The number of nitrogen functional groups attached to an aromatic ring is 1. The van der Waals surface area contributed by atoms with E-state index in [2.05, 4.69) is 28.4 Å². The second kappa shape index (κ2) is 3.12. The van der Waals surface area contributed by atoms with Crippen molar-refractivity contribution in [3.8, 4) is 11.3 Å². The molecule has 0 bridgehead atoms. The zero-order chi connectivity index (χ0) is 10.3. The fourth-order valence-electron chi connectivity index (χ4n) is 2.35. The van der Waals surface area contributed by atoms with Crippen LogP contribution >= 0.6 is 0 Å². The molecule has 1 heterocycles. The number of nitrogens with zero attached hydrogens (tertiary/aromatic N) is 1. The van der Waals surface area contributed by atoms with Crippen LogP contribution in [0.3, 0.4) is 0 Å². The molecule has 0 unspecified atom stereocenters. The predicted octanol–water partition coefficient (Wildman–Crippen LogP) is 2.15. The van der Waals surface area contributed by atoms with Gasteiger partial charge in [0.1, 0.15) is 5.82 Å². The average molecular weight is 199 g/mol. The van der Waals surface area contributed by atoms with Gasteiger partial charge in [0, 0.05) is 11.6 Å². The van der Waals surface area contributed by atoms with Gasteiger partial charge in [-0.1, -0.05) is 18.2 Å². The summed E-state index contributed by atoms with van der Waals surface area (Å²) < 4.78 is 0. The van der Waals surface area contributed by atoms with E-state index in [-0.39, 0.29) is 0 Å². The van der Waals surface area contributed by atoms with E-state index in [9.17, 15) is 0 Å². The van der Waals surface area contributed by atoms with Gasteiger partial charge in [0.2, 0.25) is 0 Å². The fraction of sp³-hybridized carbons (Fsp3) is 0.250. The molecule has 0 atom stereocenters. The van der Waals surface area contributed by atoms with Crippen molar-refractivity contribution in [1.82, 2.24) is 10.2 Å². The van der Waals surface area contributed by atoms with Gasteiger partial charge < -0.3 is 5.73 Å². The minimum Gasteiger partial charge on any atom is -0.382 e. The van der Waals surface area contributed by atoms with Crippen LogP contribution in [0.5, 0.6) is 0 Å². The zero-order valence-electron chi connectivity index (χ0n) is 8.46. The van der Waals surface area contributed by atoms with Gasteiger partial charge in [-0.25, -0.2) is 0 Å². The van der Waals surface area contributed by atoms with E-state index in [0.29, 0.717) is 5.82 Å². The maximum absolute atomic E-state index is 5.62. The molecule has 76 valence electrons. The Balaban J connectivity index is 2.16. The first kappa shape index (κ1) is 8.53.